The molecule has 22 heavy (non-hydrogen) atoms. The zero-order valence-electron chi connectivity index (χ0n) is 13.3. The first-order valence-electron chi connectivity index (χ1n) is 6.68. The van der Waals surface area contributed by atoms with Crippen LogP contribution in [0.1, 0.15) is 5.56 Å². The van der Waals surface area contributed by atoms with Gasteiger partial charge in [0.15, 0.2) is 11.5 Å². The van der Waals surface area contributed by atoms with E-state index >= 15 is 0 Å². The number of rotatable bonds is 5. The molecule has 0 atom stereocenters. The summed E-state index contributed by atoms with van der Waals surface area (Å²) in [7, 11) is 6.43. The van der Waals surface area contributed by atoms with Gasteiger partial charge in [0.1, 0.15) is 11.5 Å². The van der Waals surface area contributed by atoms with Crippen LogP contribution in [0, 0.1) is 0 Å². The van der Waals surface area contributed by atoms with Gasteiger partial charge in [-0.3, -0.25) is 0 Å². The minimum atomic E-state index is 0.0142. The van der Waals surface area contributed by atoms with E-state index in [1.54, 1.807) is 46.6 Å². The Bertz CT molecular complexity index is 528. The molecular formula is C17H22O5. The molecule has 0 aliphatic rings. The van der Waals surface area contributed by atoms with Crippen LogP contribution in [0.15, 0.2) is 42.5 Å². The molecule has 0 heterocycles. The third-order valence-corrected chi connectivity index (χ3v) is 2.93. The van der Waals surface area contributed by atoms with Gasteiger partial charge in [0, 0.05) is 0 Å². The van der Waals surface area contributed by atoms with E-state index < -0.39 is 0 Å². The molecular weight excluding hydrogens is 284 g/mol. The lowest BCUT2D eigenvalue weighted by atomic mass is 10.2. The Labute approximate surface area is 131 Å². The van der Waals surface area contributed by atoms with Crippen molar-refractivity contribution in [3.8, 4) is 23.0 Å². The molecule has 0 amide bonds. The third kappa shape index (κ3) is 5.18. The second-order valence-electron chi connectivity index (χ2n) is 4.23. The quantitative estimate of drug-likeness (QED) is 0.920. The Morgan fingerprint density at radius 2 is 1.18 bits per heavy atom. The number of benzene rings is 2. The largest absolute Gasteiger partial charge is 0.497 e. The average Bonchev–Trinajstić information content (AvgIpc) is 2.61. The Morgan fingerprint density at radius 1 is 0.682 bits per heavy atom. The topological polar surface area (TPSA) is 57.2 Å². The summed E-state index contributed by atoms with van der Waals surface area (Å²) < 4.78 is 20.0. The molecule has 5 heteroatoms. The summed E-state index contributed by atoms with van der Waals surface area (Å²) in [6, 6.07) is 12.7. The second kappa shape index (κ2) is 9.52. The second-order valence-corrected chi connectivity index (χ2v) is 4.23. The van der Waals surface area contributed by atoms with Gasteiger partial charge >= 0.3 is 0 Å². The van der Waals surface area contributed by atoms with Crippen LogP contribution in [-0.2, 0) is 6.61 Å². The molecule has 0 aliphatic heterocycles. The van der Waals surface area contributed by atoms with Crippen molar-refractivity contribution in [3.05, 3.63) is 48.0 Å². The number of hydrogen-bond acceptors (Lipinski definition) is 5. The van der Waals surface area contributed by atoms with Crippen molar-refractivity contribution in [2.45, 2.75) is 6.61 Å². The van der Waals surface area contributed by atoms with E-state index in [4.69, 9.17) is 24.1 Å². The Hall–Kier alpha value is -2.40. The lowest BCUT2D eigenvalue weighted by Crippen LogP contribution is -1.92. The van der Waals surface area contributed by atoms with Gasteiger partial charge in [0.05, 0.1) is 35.0 Å². The van der Waals surface area contributed by atoms with Gasteiger partial charge in [-0.2, -0.15) is 0 Å². The van der Waals surface area contributed by atoms with Crippen LogP contribution < -0.4 is 18.9 Å². The van der Waals surface area contributed by atoms with Crippen LogP contribution in [0.2, 0.25) is 0 Å². The van der Waals surface area contributed by atoms with E-state index in [1.165, 1.54) is 0 Å². The van der Waals surface area contributed by atoms with Gasteiger partial charge in [-0.05, 0) is 42.0 Å². The van der Waals surface area contributed by atoms with E-state index in [-0.39, 0.29) is 6.61 Å². The Kier molecular flexibility index (Phi) is 7.64. The van der Waals surface area contributed by atoms with Gasteiger partial charge in [-0.1, -0.05) is 6.07 Å². The molecule has 0 unspecified atom stereocenters. The van der Waals surface area contributed by atoms with Crippen LogP contribution in [0.4, 0.5) is 0 Å². The first-order valence-corrected chi connectivity index (χ1v) is 6.68. The zero-order valence-corrected chi connectivity index (χ0v) is 13.3. The van der Waals surface area contributed by atoms with Crippen LogP contribution in [0.3, 0.4) is 0 Å². The summed E-state index contributed by atoms with van der Waals surface area (Å²) in [5.74, 6) is 3.01. The van der Waals surface area contributed by atoms with Gasteiger partial charge in [-0.25, -0.2) is 0 Å². The van der Waals surface area contributed by atoms with E-state index in [9.17, 15) is 0 Å². The predicted octanol–water partition coefficient (Wildman–Crippen LogP) is 2.90. The average molecular weight is 306 g/mol. The molecule has 0 aromatic heterocycles. The molecule has 0 spiro atoms. The van der Waals surface area contributed by atoms with Gasteiger partial charge in [-0.15, -0.1) is 0 Å². The maximum atomic E-state index is 8.82. The monoisotopic (exact) mass is 306 g/mol. The third-order valence-electron chi connectivity index (χ3n) is 2.93. The lowest BCUT2D eigenvalue weighted by molar-refractivity contribution is 0.280. The molecule has 120 valence electrons. The molecule has 0 fully saturated rings. The SMILES string of the molecule is COc1ccc(CO)cc1OC.COc1ccc(OC)cc1. The fourth-order valence-electron chi connectivity index (χ4n) is 1.69. The fraction of sp³-hybridized carbons (Fsp3) is 0.294. The van der Waals surface area contributed by atoms with Gasteiger partial charge < -0.3 is 24.1 Å². The van der Waals surface area contributed by atoms with Crippen molar-refractivity contribution in [1.29, 1.82) is 0 Å². The van der Waals surface area contributed by atoms with E-state index in [2.05, 4.69) is 0 Å². The zero-order chi connectivity index (χ0) is 16.4. The number of aliphatic hydroxyl groups is 1. The maximum Gasteiger partial charge on any atom is 0.161 e. The molecule has 1 N–H and O–H groups in total. The highest BCUT2D eigenvalue weighted by Crippen LogP contribution is 2.27. The summed E-state index contributed by atoms with van der Waals surface area (Å²) in [6.07, 6.45) is 0. The molecule has 0 saturated heterocycles. The Balaban J connectivity index is 0.000000224. The minimum Gasteiger partial charge on any atom is -0.497 e. The van der Waals surface area contributed by atoms with Crippen molar-refractivity contribution >= 4 is 0 Å². The number of ether oxygens (including phenoxy) is 4. The highest BCUT2D eigenvalue weighted by Gasteiger charge is 2.02. The van der Waals surface area contributed by atoms with Crippen LogP contribution in [0.5, 0.6) is 23.0 Å². The number of aliphatic hydroxyl groups excluding tert-OH is 1. The highest BCUT2D eigenvalue weighted by molar-refractivity contribution is 5.42. The fourth-order valence-corrected chi connectivity index (χ4v) is 1.69. The Morgan fingerprint density at radius 3 is 1.55 bits per heavy atom. The minimum absolute atomic E-state index is 0.0142. The predicted molar refractivity (Wildman–Crippen MR) is 85.0 cm³/mol. The number of hydrogen-bond donors (Lipinski definition) is 1. The molecule has 2 aromatic carbocycles. The smallest absolute Gasteiger partial charge is 0.161 e. The summed E-state index contributed by atoms with van der Waals surface area (Å²) in [6.45, 7) is 0.0142. The van der Waals surface area contributed by atoms with E-state index in [0.29, 0.717) is 11.5 Å². The van der Waals surface area contributed by atoms with Crippen molar-refractivity contribution in [3.63, 3.8) is 0 Å². The molecule has 5 nitrogen and oxygen atoms in total. The molecule has 0 bridgehead atoms. The highest BCUT2D eigenvalue weighted by atomic mass is 16.5. The number of methoxy groups -OCH3 is 4. The van der Waals surface area contributed by atoms with Gasteiger partial charge in [0.2, 0.25) is 0 Å². The van der Waals surface area contributed by atoms with E-state index in [0.717, 1.165) is 17.1 Å². The van der Waals surface area contributed by atoms with Crippen molar-refractivity contribution < 1.29 is 24.1 Å². The summed E-state index contributed by atoms with van der Waals surface area (Å²) in [5.41, 5.74) is 0.813. The van der Waals surface area contributed by atoms with Crippen LogP contribution >= 0.6 is 0 Å². The lowest BCUT2D eigenvalue weighted by Gasteiger charge is -2.07. The van der Waals surface area contributed by atoms with Gasteiger partial charge in [0.25, 0.3) is 0 Å². The molecule has 2 rings (SSSR count). The molecule has 0 saturated carbocycles. The summed E-state index contributed by atoms with van der Waals surface area (Å²) in [4.78, 5) is 0. The summed E-state index contributed by atoms with van der Waals surface area (Å²) in [5, 5.41) is 8.82. The van der Waals surface area contributed by atoms with Crippen molar-refractivity contribution in [1.82, 2.24) is 0 Å². The maximum absolute atomic E-state index is 8.82. The van der Waals surface area contributed by atoms with Crippen molar-refractivity contribution in [2.75, 3.05) is 28.4 Å². The standard InChI is InChI=1S/C9H12O3.C8H10O2/c1-11-8-4-3-7(6-10)5-9(8)12-2;1-9-7-3-5-8(10-2)6-4-7/h3-5,10H,6H2,1-2H3;3-6H,1-2H3. The first kappa shape index (κ1) is 17.7. The summed E-state index contributed by atoms with van der Waals surface area (Å²) >= 11 is 0. The van der Waals surface area contributed by atoms with E-state index in [1.807, 2.05) is 24.3 Å². The van der Waals surface area contributed by atoms with Crippen LogP contribution in [0.25, 0.3) is 0 Å². The molecule has 0 radical (unpaired) electrons. The van der Waals surface area contributed by atoms with Crippen LogP contribution in [-0.4, -0.2) is 33.5 Å². The first-order chi connectivity index (χ1) is 10.7. The molecule has 0 aliphatic carbocycles. The molecule has 2 aromatic rings. The van der Waals surface area contributed by atoms with Crippen molar-refractivity contribution in [2.24, 2.45) is 0 Å². The normalized spacial score (nSPS) is 9.32.